The van der Waals surface area contributed by atoms with Gasteiger partial charge in [-0.2, -0.15) is 0 Å². The molecule has 1 aromatic rings. The van der Waals surface area contributed by atoms with Crippen LogP contribution >= 0.6 is 0 Å². The zero-order valence-corrected chi connectivity index (χ0v) is 9.50. The highest BCUT2D eigenvalue weighted by Gasteiger charge is 2.10. The average Bonchev–Trinajstić information content (AvgIpc) is 2.28. The number of anilines is 1. The predicted octanol–water partition coefficient (Wildman–Crippen LogP) is 2.65. The van der Waals surface area contributed by atoms with Crippen molar-refractivity contribution in [2.24, 2.45) is 0 Å². The minimum Gasteiger partial charge on any atom is -0.478 e. The maximum absolute atomic E-state index is 13.4. The van der Waals surface area contributed by atoms with Gasteiger partial charge in [-0.05, 0) is 24.6 Å². The van der Waals surface area contributed by atoms with Gasteiger partial charge in [0.15, 0.2) is 0 Å². The lowest BCUT2D eigenvalue weighted by Gasteiger charge is -2.06. The van der Waals surface area contributed by atoms with Crippen LogP contribution in [0.4, 0.5) is 10.1 Å². The molecule has 2 N–H and O–H groups in total. The van der Waals surface area contributed by atoms with Gasteiger partial charge in [0.2, 0.25) is 5.91 Å². The molecule has 0 aliphatic carbocycles. The van der Waals surface area contributed by atoms with E-state index in [1.54, 1.807) is 0 Å². The fourth-order valence-corrected chi connectivity index (χ4v) is 1.30. The van der Waals surface area contributed by atoms with Gasteiger partial charge in [-0.25, -0.2) is 9.18 Å². The minimum atomic E-state index is -1.20. The quantitative estimate of drug-likeness (QED) is 0.830. The second-order valence-corrected chi connectivity index (χ2v) is 3.65. The van der Waals surface area contributed by atoms with Crippen LogP contribution in [0.5, 0.6) is 0 Å². The topological polar surface area (TPSA) is 66.4 Å². The molecule has 4 nitrogen and oxygen atoms in total. The molecule has 5 heteroatoms. The predicted molar refractivity (Wildman–Crippen MR) is 61.5 cm³/mol. The molecule has 0 heterocycles. The SMILES string of the molecule is CCCCC(=O)Nc1ccc(C(=O)O)cc1F. The van der Waals surface area contributed by atoms with E-state index in [0.717, 1.165) is 18.9 Å². The van der Waals surface area contributed by atoms with E-state index in [1.165, 1.54) is 12.1 Å². The number of hydrogen-bond acceptors (Lipinski definition) is 2. The summed E-state index contributed by atoms with van der Waals surface area (Å²) in [4.78, 5) is 21.9. The number of carbonyl (C=O) groups is 2. The zero-order valence-electron chi connectivity index (χ0n) is 9.50. The number of amides is 1. The molecule has 0 unspecified atom stereocenters. The van der Waals surface area contributed by atoms with Gasteiger partial charge in [-0.3, -0.25) is 4.79 Å². The van der Waals surface area contributed by atoms with Gasteiger partial charge in [-0.15, -0.1) is 0 Å². The first-order valence-electron chi connectivity index (χ1n) is 5.37. The fourth-order valence-electron chi connectivity index (χ4n) is 1.30. The van der Waals surface area contributed by atoms with Crippen molar-refractivity contribution in [2.75, 3.05) is 5.32 Å². The van der Waals surface area contributed by atoms with Crippen molar-refractivity contribution < 1.29 is 19.1 Å². The summed E-state index contributed by atoms with van der Waals surface area (Å²) < 4.78 is 13.4. The molecule has 0 fully saturated rings. The summed E-state index contributed by atoms with van der Waals surface area (Å²) in [6.07, 6.45) is 1.95. The van der Waals surface area contributed by atoms with E-state index in [9.17, 15) is 14.0 Å². The highest BCUT2D eigenvalue weighted by atomic mass is 19.1. The Balaban J connectivity index is 2.72. The van der Waals surface area contributed by atoms with E-state index >= 15 is 0 Å². The van der Waals surface area contributed by atoms with Gasteiger partial charge in [-0.1, -0.05) is 13.3 Å². The number of halogens is 1. The minimum absolute atomic E-state index is 0.0103. The van der Waals surface area contributed by atoms with E-state index in [4.69, 9.17) is 5.11 Å². The van der Waals surface area contributed by atoms with Crippen molar-refractivity contribution in [2.45, 2.75) is 26.2 Å². The lowest BCUT2D eigenvalue weighted by molar-refractivity contribution is -0.116. The monoisotopic (exact) mass is 239 g/mol. The summed E-state index contributed by atoms with van der Waals surface area (Å²) in [5, 5.41) is 11.0. The van der Waals surface area contributed by atoms with Crippen molar-refractivity contribution in [3.8, 4) is 0 Å². The standard InChI is InChI=1S/C12H14FNO3/c1-2-3-4-11(15)14-10-6-5-8(12(16)17)7-9(10)13/h5-7H,2-4H2,1H3,(H,14,15)(H,16,17). The van der Waals surface area contributed by atoms with Crippen LogP contribution in [0.1, 0.15) is 36.5 Å². The molecule has 0 aromatic heterocycles. The Hall–Kier alpha value is -1.91. The van der Waals surface area contributed by atoms with Gasteiger partial charge in [0.25, 0.3) is 0 Å². The van der Waals surface area contributed by atoms with Crippen molar-refractivity contribution in [1.82, 2.24) is 0 Å². The van der Waals surface area contributed by atoms with Crippen LogP contribution in [0.2, 0.25) is 0 Å². The molecule has 0 saturated heterocycles. The molecule has 0 radical (unpaired) electrons. The van der Waals surface area contributed by atoms with E-state index < -0.39 is 11.8 Å². The second-order valence-electron chi connectivity index (χ2n) is 3.65. The Labute approximate surface area is 98.5 Å². The number of unbranched alkanes of at least 4 members (excludes halogenated alkanes) is 1. The largest absolute Gasteiger partial charge is 0.478 e. The van der Waals surface area contributed by atoms with Gasteiger partial charge in [0.1, 0.15) is 5.82 Å². The van der Waals surface area contributed by atoms with E-state index in [0.29, 0.717) is 6.42 Å². The normalized spacial score (nSPS) is 10.0. The molecule has 0 spiro atoms. The maximum Gasteiger partial charge on any atom is 0.335 e. The molecular formula is C12H14FNO3. The highest BCUT2D eigenvalue weighted by molar-refractivity contribution is 5.92. The number of benzene rings is 1. The molecule has 1 rings (SSSR count). The lowest BCUT2D eigenvalue weighted by atomic mass is 10.2. The molecule has 1 aromatic carbocycles. The number of nitrogens with one attached hydrogen (secondary N) is 1. The van der Waals surface area contributed by atoms with Gasteiger partial charge in [0.05, 0.1) is 11.3 Å². The van der Waals surface area contributed by atoms with Crippen LogP contribution in [-0.4, -0.2) is 17.0 Å². The first kappa shape index (κ1) is 13.2. The van der Waals surface area contributed by atoms with Crippen LogP contribution < -0.4 is 5.32 Å². The smallest absolute Gasteiger partial charge is 0.335 e. The number of carboxylic acids is 1. The number of rotatable bonds is 5. The molecular weight excluding hydrogens is 225 g/mol. The van der Waals surface area contributed by atoms with Crippen LogP contribution in [0.25, 0.3) is 0 Å². The number of carbonyl (C=O) groups excluding carboxylic acids is 1. The fraction of sp³-hybridized carbons (Fsp3) is 0.333. The highest BCUT2D eigenvalue weighted by Crippen LogP contribution is 2.16. The summed E-state index contributed by atoms with van der Waals surface area (Å²) >= 11 is 0. The van der Waals surface area contributed by atoms with Crippen molar-refractivity contribution in [3.63, 3.8) is 0 Å². The third-order valence-corrected chi connectivity index (χ3v) is 2.25. The zero-order chi connectivity index (χ0) is 12.8. The number of hydrogen-bond donors (Lipinski definition) is 2. The van der Waals surface area contributed by atoms with Crippen molar-refractivity contribution in [3.05, 3.63) is 29.6 Å². The van der Waals surface area contributed by atoms with Crippen LogP contribution in [-0.2, 0) is 4.79 Å². The van der Waals surface area contributed by atoms with Crippen LogP contribution in [0.15, 0.2) is 18.2 Å². The van der Waals surface area contributed by atoms with Gasteiger partial charge < -0.3 is 10.4 Å². The molecule has 92 valence electrons. The third-order valence-electron chi connectivity index (χ3n) is 2.25. The molecule has 0 saturated carbocycles. The summed E-state index contributed by atoms with van der Waals surface area (Å²) in [5.41, 5.74) is -0.134. The Morgan fingerprint density at radius 2 is 2.12 bits per heavy atom. The average molecular weight is 239 g/mol. The third kappa shape index (κ3) is 3.86. The lowest BCUT2D eigenvalue weighted by Crippen LogP contribution is -2.12. The first-order chi connectivity index (χ1) is 8.04. The molecule has 0 aliphatic rings. The summed E-state index contributed by atoms with van der Waals surface area (Å²) in [7, 11) is 0. The maximum atomic E-state index is 13.4. The van der Waals surface area contributed by atoms with E-state index in [2.05, 4.69) is 5.32 Å². The summed E-state index contributed by atoms with van der Waals surface area (Å²) in [6.45, 7) is 1.95. The second kappa shape index (κ2) is 5.98. The molecule has 1 amide bonds. The number of carboxylic acid groups (broad SMARTS) is 1. The van der Waals surface area contributed by atoms with E-state index in [1.807, 2.05) is 6.92 Å². The van der Waals surface area contributed by atoms with Gasteiger partial charge >= 0.3 is 5.97 Å². The van der Waals surface area contributed by atoms with Crippen molar-refractivity contribution in [1.29, 1.82) is 0 Å². The van der Waals surface area contributed by atoms with Crippen LogP contribution in [0, 0.1) is 5.82 Å². The Kier molecular flexibility index (Phi) is 4.63. The summed E-state index contributed by atoms with van der Waals surface area (Å²) in [5.74, 6) is -2.21. The Morgan fingerprint density at radius 1 is 1.41 bits per heavy atom. The molecule has 17 heavy (non-hydrogen) atoms. The molecule has 0 atom stereocenters. The Morgan fingerprint density at radius 3 is 2.65 bits per heavy atom. The van der Waals surface area contributed by atoms with Gasteiger partial charge in [0, 0.05) is 6.42 Å². The van der Waals surface area contributed by atoms with E-state index in [-0.39, 0.29) is 17.2 Å². The molecule has 0 bridgehead atoms. The molecule has 0 aliphatic heterocycles. The Bertz CT molecular complexity index is 432. The van der Waals surface area contributed by atoms with Crippen molar-refractivity contribution >= 4 is 17.6 Å². The van der Waals surface area contributed by atoms with Crippen LogP contribution in [0.3, 0.4) is 0 Å². The first-order valence-corrected chi connectivity index (χ1v) is 5.37. The number of aromatic carboxylic acids is 1. The summed E-state index contributed by atoms with van der Waals surface area (Å²) in [6, 6.07) is 3.39.